The van der Waals surface area contributed by atoms with E-state index in [0.717, 1.165) is 12.5 Å². The van der Waals surface area contributed by atoms with Gasteiger partial charge in [-0.15, -0.1) is 0 Å². The van der Waals surface area contributed by atoms with Gasteiger partial charge in [0, 0.05) is 42.8 Å². The first kappa shape index (κ1) is 20.4. The van der Waals surface area contributed by atoms with Gasteiger partial charge >= 0.3 is 6.18 Å². The molecular weight excluding hydrogens is 395 g/mol. The molecule has 2 aliphatic rings. The van der Waals surface area contributed by atoms with Crippen LogP contribution in [0.3, 0.4) is 0 Å². The SMILES string of the molecule is CC(NCC1CN(C=O)C1)c1cc2c(c(C(F)(F)F)c1)CN(c1ccccc1)C2=O. The predicted octanol–water partition coefficient (Wildman–Crippen LogP) is 3.60. The third-order valence-electron chi connectivity index (χ3n) is 5.78. The summed E-state index contributed by atoms with van der Waals surface area (Å²) in [5, 5.41) is 3.24. The number of carbonyl (C=O) groups is 2. The van der Waals surface area contributed by atoms with Crippen LogP contribution in [0.4, 0.5) is 18.9 Å². The van der Waals surface area contributed by atoms with Crippen molar-refractivity contribution in [3.63, 3.8) is 0 Å². The Labute approximate surface area is 172 Å². The molecule has 1 unspecified atom stereocenters. The summed E-state index contributed by atoms with van der Waals surface area (Å²) < 4.78 is 41.4. The van der Waals surface area contributed by atoms with Crippen molar-refractivity contribution in [2.45, 2.75) is 25.7 Å². The van der Waals surface area contributed by atoms with E-state index in [1.165, 1.54) is 4.90 Å². The molecule has 0 radical (unpaired) electrons. The Kier molecular flexibility index (Phi) is 5.27. The molecule has 0 aromatic heterocycles. The van der Waals surface area contributed by atoms with Gasteiger partial charge in [0.15, 0.2) is 0 Å². The van der Waals surface area contributed by atoms with Crippen LogP contribution in [0.5, 0.6) is 0 Å². The quantitative estimate of drug-likeness (QED) is 0.731. The van der Waals surface area contributed by atoms with Crippen LogP contribution in [-0.2, 0) is 17.5 Å². The smallest absolute Gasteiger partial charge is 0.344 e. The van der Waals surface area contributed by atoms with Crippen molar-refractivity contribution >= 4 is 18.0 Å². The van der Waals surface area contributed by atoms with Crippen molar-refractivity contribution in [3.05, 3.63) is 64.7 Å². The molecule has 1 N–H and O–H groups in total. The van der Waals surface area contributed by atoms with Crippen molar-refractivity contribution < 1.29 is 22.8 Å². The van der Waals surface area contributed by atoms with Crippen LogP contribution in [0.2, 0.25) is 0 Å². The van der Waals surface area contributed by atoms with Gasteiger partial charge in [-0.25, -0.2) is 0 Å². The van der Waals surface area contributed by atoms with Crippen molar-refractivity contribution in [2.24, 2.45) is 5.92 Å². The number of hydrogen-bond acceptors (Lipinski definition) is 3. The van der Waals surface area contributed by atoms with E-state index >= 15 is 0 Å². The number of rotatable bonds is 6. The molecule has 4 rings (SSSR count). The number of carbonyl (C=O) groups excluding carboxylic acids is 2. The second kappa shape index (κ2) is 7.75. The van der Waals surface area contributed by atoms with Crippen molar-refractivity contribution in [1.82, 2.24) is 10.2 Å². The first-order chi connectivity index (χ1) is 14.3. The number of nitrogens with one attached hydrogen (secondary N) is 1. The van der Waals surface area contributed by atoms with Crippen LogP contribution in [0.1, 0.15) is 40.0 Å². The average Bonchev–Trinajstić information content (AvgIpc) is 3.02. The first-order valence-electron chi connectivity index (χ1n) is 9.81. The summed E-state index contributed by atoms with van der Waals surface area (Å²) >= 11 is 0. The number of likely N-dealkylation sites (tertiary alicyclic amines) is 1. The number of anilines is 1. The van der Waals surface area contributed by atoms with E-state index in [2.05, 4.69) is 5.32 Å². The topological polar surface area (TPSA) is 52.7 Å². The second-order valence-corrected chi connectivity index (χ2v) is 7.87. The molecule has 1 atom stereocenters. The number of nitrogens with zero attached hydrogens (tertiary/aromatic N) is 2. The van der Waals surface area contributed by atoms with E-state index in [9.17, 15) is 22.8 Å². The average molecular weight is 417 g/mol. The zero-order chi connectivity index (χ0) is 21.5. The molecule has 1 saturated heterocycles. The summed E-state index contributed by atoms with van der Waals surface area (Å²) in [5.74, 6) is -0.138. The lowest BCUT2D eigenvalue weighted by atomic mass is 9.95. The Morgan fingerprint density at radius 3 is 2.53 bits per heavy atom. The van der Waals surface area contributed by atoms with Crippen LogP contribution in [-0.4, -0.2) is 36.9 Å². The maximum absolute atomic E-state index is 13.8. The minimum absolute atomic E-state index is 0.0212. The lowest BCUT2D eigenvalue weighted by molar-refractivity contribution is -0.138. The largest absolute Gasteiger partial charge is 0.416 e. The van der Waals surface area contributed by atoms with Gasteiger partial charge in [-0.05, 0) is 42.3 Å². The summed E-state index contributed by atoms with van der Waals surface area (Å²) in [6.45, 7) is 3.57. The minimum Gasteiger partial charge on any atom is -0.344 e. The highest BCUT2D eigenvalue weighted by atomic mass is 19.4. The maximum atomic E-state index is 13.8. The van der Waals surface area contributed by atoms with Crippen LogP contribution in [0.25, 0.3) is 0 Å². The Hall–Kier alpha value is -2.87. The van der Waals surface area contributed by atoms with Gasteiger partial charge in [0.05, 0.1) is 12.1 Å². The molecule has 0 spiro atoms. The van der Waals surface area contributed by atoms with Gasteiger partial charge < -0.3 is 15.1 Å². The van der Waals surface area contributed by atoms with Crippen LogP contribution in [0, 0.1) is 5.92 Å². The van der Waals surface area contributed by atoms with Crippen LogP contribution in [0.15, 0.2) is 42.5 Å². The molecule has 5 nitrogen and oxygen atoms in total. The third kappa shape index (κ3) is 3.79. The molecular formula is C22H22F3N3O2. The fourth-order valence-corrected chi connectivity index (χ4v) is 4.04. The summed E-state index contributed by atoms with van der Waals surface area (Å²) in [6.07, 6.45) is -3.76. The Balaban J connectivity index is 1.60. The zero-order valence-corrected chi connectivity index (χ0v) is 16.4. The van der Waals surface area contributed by atoms with Gasteiger partial charge in [0.1, 0.15) is 0 Å². The monoisotopic (exact) mass is 417 g/mol. The van der Waals surface area contributed by atoms with Gasteiger partial charge in [0.2, 0.25) is 6.41 Å². The Bertz CT molecular complexity index is 956. The fourth-order valence-electron chi connectivity index (χ4n) is 4.04. The summed E-state index contributed by atoms with van der Waals surface area (Å²) in [7, 11) is 0. The molecule has 2 aliphatic heterocycles. The Morgan fingerprint density at radius 2 is 1.90 bits per heavy atom. The van der Waals surface area contributed by atoms with Gasteiger partial charge in [-0.1, -0.05) is 18.2 Å². The van der Waals surface area contributed by atoms with Gasteiger partial charge in [0.25, 0.3) is 5.91 Å². The van der Waals surface area contributed by atoms with Crippen molar-refractivity contribution in [2.75, 3.05) is 24.5 Å². The first-order valence-corrected chi connectivity index (χ1v) is 9.81. The number of alkyl halides is 3. The molecule has 0 bridgehead atoms. The maximum Gasteiger partial charge on any atom is 0.416 e. The number of halogens is 3. The molecule has 8 heteroatoms. The number of amides is 2. The number of hydrogen-bond donors (Lipinski definition) is 1. The second-order valence-electron chi connectivity index (χ2n) is 7.87. The van der Waals surface area contributed by atoms with Crippen molar-refractivity contribution in [3.8, 4) is 0 Å². The normalized spacial score (nSPS) is 17.7. The van der Waals surface area contributed by atoms with Gasteiger partial charge in [-0.2, -0.15) is 13.2 Å². The Morgan fingerprint density at radius 1 is 1.20 bits per heavy atom. The molecule has 158 valence electrons. The lowest BCUT2D eigenvalue weighted by Gasteiger charge is -2.37. The third-order valence-corrected chi connectivity index (χ3v) is 5.78. The van der Waals surface area contributed by atoms with E-state index in [-0.39, 0.29) is 29.6 Å². The zero-order valence-electron chi connectivity index (χ0n) is 16.4. The minimum atomic E-state index is -4.55. The van der Waals surface area contributed by atoms with E-state index in [0.29, 0.717) is 30.9 Å². The number of para-hydroxylation sites is 1. The highest BCUT2D eigenvalue weighted by Crippen LogP contribution is 2.40. The van der Waals surface area contributed by atoms with E-state index in [1.54, 1.807) is 48.2 Å². The molecule has 0 aliphatic carbocycles. The predicted molar refractivity (Wildman–Crippen MR) is 106 cm³/mol. The van der Waals surface area contributed by atoms with Gasteiger partial charge in [-0.3, -0.25) is 9.59 Å². The van der Waals surface area contributed by atoms with E-state index in [1.807, 2.05) is 0 Å². The summed E-state index contributed by atoms with van der Waals surface area (Å²) in [5.41, 5.74) is 0.368. The molecule has 1 fully saturated rings. The highest BCUT2D eigenvalue weighted by molar-refractivity contribution is 6.10. The fraction of sp³-hybridized carbons (Fsp3) is 0.364. The summed E-state index contributed by atoms with van der Waals surface area (Å²) in [4.78, 5) is 26.6. The number of benzene rings is 2. The van der Waals surface area contributed by atoms with Crippen molar-refractivity contribution in [1.29, 1.82) is 0 Å². The van der Waals surface area contributed by atoms with Crippen LogP contribution < -0.4 is 10.2 Å². The molecule has 0 saturated carbocycles. The van der Waals surface area contributed by atoms with E-state index in [4.69, 9.17) is 0 Å². The molecule has 2 amide bonds. The molecule has 2 heterocycles. The van der Waals surface area contributed by atoms with Crippen LogP contribution >= 0.6 is 0 Å². The highest BCUT2D eigenvalue weighted by Gasteiger charge is 2.40. The molecule has 2 aromatic carbocycles. The molecule has 30 heavy (non-hydrogen) atoms. The number of fused-ring (bicyclic) bond motifs is 1. The van der Waals surface area contributed by atoms with E-state index < -0.39 is 17.6 Å². The summed E-state index contributed by atoms with van der Waals surface area (Å²) in [6, 6.07) is 11.1. The lowest BCUT2D eigenvalue weighted by Crippen LogP contribution is -2.50. The molecule has 2 aromatic rings. The standard InChI is InChI=1S/C22H22F3N3O2/c1-14(26-9-15-10-27(11-15)13-29)16-7-18-19(20(8-16)22(23,24)25)12-28(21(18)30)17-5-3-2-4-6-17/h2-8,13-15,26H,9-12H2,1H3.